The molecule has 30 heavy (non-hydrogen) atoms. The Morgan fingerprint density at radius 3 is 2.67 bits per heavy atom. The van der Waals surface area contributed by atoms with Crippen molar-refractivity contribution < 1.29 is 4.21 Å². The van der Waals surface area contributed by atoms with Crippen molar-refractivity contribution in [3.8, 4) is 0 Å². The van der Waals surface area contributed by atoms with Crippen molar-refractivity contribution in [2.24, 2.45) is 0 Å². The van der Waals surface area contributed by atoms with Crippen LogP contribution in [0.15, 0.2) is 69.1 Å². The number of rotatable bonds is 7. The highest BCUT2D eigenvalue weighted by atomic mass is 32.2. The van der Waals surface area contributed by atoms with Crippen LogP contribution >= 0.6 is 23.3 Å². The number of nitrogens with zero attached hydrogens (tertiary/aromatic N) is 2. The average molecular weight is 458 g/mol. The first-order valence-electron chi connectivity index (χ1n) is 10.0. The van der Waals surface area contributed by atoms with Crippen molar-refractivity contribution >= 4 is 45.6 Å². The lowest BCUT2D eigenvalue weighted by molar-refractivity contribution is 0.605. The molecule has 0 bridgehead atoms. The van der Waals surface area contributed by atoms with E-state index in [4.69, 9.17) is 0 Å². The van der Waals surface area contributed by atoms with Gasteiger partial charge in [0.15, 0.2) is 0 Å². The summed E-state index contributed by atoms with van der Waals surface area (Å²) < 4.78 is 19.5. The Bertz CT molecular complexity index is 1020. The van der Waals surface area contributed by atoms with Crippen LogP contribution in [0.1, 0.15) is 23.5 Å². The van der Waals surface area contributed by atoms with Crippen molar-refractivity contribution in [1.29, 1.82) is 0 Å². The molecule has 2 heterocycles. The second-order valence-corrected chi connectivity index (χ2v) is 11.8. The topological polar surface area (TPSA) is 35.6 Å². The number of benzene rings is 2. The predicted octanol–water partition coefficient (Wildman–Crippen LogP) is 5.75. The van der Waals surface area contributed by atoms with E-state index in [0.29, 0.717) is 5.92 Å². The fraction of sp³-hybridized carbons (Fsp3) is 0.304. The molecule has 1 aliphatic rings. The lowest BCUT2D eigenvalue weighted by Crippen LogP contribution is -2.21. The van der Waals surface area contributed by atoms with Crippen molar-refractivity contribution in [2.45, 2.75) is 27.7 Å². The van der Waals surface area contributed by atoms with Gasteiger partial charge in [-0.05, 0) is 68.7 Å². The maximum Gasteiger partial charge on any atom is 0.137 e. The van der Waals surface area contributed by atoms with Crippen LogP contribution in [-0.4, -0.2) is 35.7 Å². The fourth-order valence-electron chi connectivity index (χ4n) is 3.86. The van der Waals surface area contributed by atoms with Gasteiger partial charge in [-0.25, -0.2) is 8.51 Å². The van der Waals surface area contributed by atoms with Crippen molar-refractivity contribution in [3.63, 3.8) is 0 Å². The van der Waals surface area contributed by atoms with Crippen LogP contribution in [0.25, 0.3) is 0 Å². The summed E-state index contributed by atoms with van der Waals surface area (Å²) >= 11 is 3.16. The summed E-state index contributed by atoms with van der Waals surface area (Å²) in [6, 6.07) is 21.3. The van der Waals surface area contributed by atoms with Gasteiger partial charge in [0.1, 0.15) is 15.2 Å². The van der Waals surface area contributed by atoms with Crippen molar-refractivity contribution in [2.75, 3.05) is 36.8 Å². The predicted molar refractivity (Wildman–Crippen MR) is 131 cm³/mol. The highest BCUT2D eigenvalue weighted by molar-refractivity contribution is 8.02. The van der Waals surface area contributed by atoms with E-state index in [0.717, 1.165) is 27.2 Å². The minimum absolute atomic E-state index is 0.576. The Morgan fingerprint density at radius 1 is 1.10 bits per heavy atom. The van der Waals surface area contributed by atoms with Gasteiger partial charge in [-0.15, -0.1) is 11.3 Å². The third-order valence-electron chi connectivity index (χ3n) is 5.34. The normalized spacial score (nSPS) is 17.5. The summed E-state index contributed by atoms with van der Waals surface area (Å²) in [5, 5.41) is 0. The zero-order valence-electron chi connectivity index (χ0n) is 17.5. The summed E-state index contributed by atoms with van der Waals surface area (Å²) in [4.78, 5) is 2.51. The van der Waals surface area contributed by atoms with Crippen molar-refractivity contribution in [1.82, 2.24) is 4.31 Å². The molecule has 2 aromatic carbocycles. The minimum Gasteiger partial charge on any atom is -0.369 e. The Kier molecular flexibility index (Phi) is 6.83. The average Bonchev–Trinajstić information content (AvgIpc) is 3.42. The number of nitrogens with one attached hydrogen (secondary N) is 1. The van der Waals surface area contributed by atoms with E-state index in [1.165, 1.54) is 23.2 Å². The summed E-state index contributed by atoms with van der Waals surface area (Å²) in [6.07, 6.45) is 1.18. The molecule has 1 aromatic heterocycles. The molecule has 0 spiro atoms. The van der Waals surface area contributed by atoms with E-state index in [2.05, 4.69) is 65.1 Å². The Morgan fingerprint density at radius 2 is 1.90 bits per heavy atom. The number of hydrogen-bond donors (Lipinski definition) is 1. The number of hydrogen-bond acceptors (Lipinski definition) is 5. The van der Waals surface area contributed by atoms with Gasteiger partial charge in [-0.1, -0.05) is 42.5 Å². The van der Waals surface area contributed by atoms with Gasteiger partial charge in [0.2, 0.25) is 0 Å². The highest BCUT2D eigenvalue weighted by Gasteiger charge is 2.26. The van der Waals surface area contributed by atoms with E-state index in [9.17, 15) is 4.21 Å². The molecule has 1 aliphatic heterocycles. The molecule has 3 aromatic rings. The molecule has 7 heteroatoms. The molecule has 1 saturated heterocycles. The highest BCUT2D eigenvalue weighted by Crippen LogP contribution is 2.39. The molecule has 1 fully saturated rings. The van der Waals surface area contributed by atoms with E-state index < -0.39 is 11.0 Å². The van der Waals surface area contributed by atoms with Gasteiger partial charge in [0.25, 0.3) is 0 Å². The maximum absolute atomic E-state index is 12.3. The Labute approximate surface area is 190 Å². The van der Waals surface area contributed by atoms with Gasteiger partial charge >= 0.3 is 0 Å². The van der Waals surface area contributed by atoms with E-state index in [1.807, 2.05) is 26.2 Å². The first kappa shape index (κ1) is 21.4. The number of aryl methyl sites for hydroxylation is 1. The Balaban J connectivity index is 1.48. The summed E-state index contributed by atoms with van der Waals surface area (Å²) in [5.74, 6) is 0.576. The van der Waals surface area contributed by atoms with Gasteiger partial charge in [0, 0.05) is 19.0 Å². The molecule has 0 aliphatic carbocycles. The van der Waals surface area contributed by atoms with E-state index in [1.54, 1.807) is 27.6 Å². The molecule has 4 nitrogen and oxygen atoms in total. The SMILES string of the molecule is Cc1cccc(NSc2ccc(S(=O)N(C)C)s2)c1N1CCC(c2ccccc2)C1. The number of thiophene rings is 1. The second-order valence-electron chi connectivity index (χ2n) is 7.65. The lowest BCUT2D eigenvalue weighted by atomic mass is 9.99. The van der Waals surface area contributed by atoms with Crippen LogP contribution in [-0.2, 0) is 11.0 Å². The van der Waals surface area contributed by atoms with Crippen LogP contribution < -0.4 is 9.62 Å². The van der Waals surface area contributed by atoms with Crippen LogP contribution in [0.5, 0.6) is 0 Å². The first-order valence-corrected chi connectivity index (χ1v) is 12.8. The summed E-state index contributed by atoms with van der Waals surface area (Å²) in [7, 11) is 2.57. The standard InChI is InChI=1S/C23H27N3OS3/c1-17-8-7-11-20(24-29-21-12-13-22(28-21)30(27)25(2)3)23(17)26-15-14-19(16-26)18-9-5-4-6-10-18/h4-13,19,24H,14-16H2,1-3H3. The van der Waals surface area contributed by atoms with Crippen molar-refractivity contribution in [3.05, 3.63) is 71.8 Å². The molecular formula is C23H27N3OS3. The van der Waals surface area contributed by atoms with E-state index in [-0.39, 0.29) is 0 Å². The quantitative estimate of drug-likeness (QED) is 0.458. The van der Waals surface area contributed by atoms with Gasteiger partial charge in [-0.2, -0.15) is 0 Å². The number of anilines is 2. The first-order chi connectivity index (χ1) is 14.5. The van der Waals surface area contributed by atoms with Gasteiger partial charge in [0.05, 0.1) is 15.6 Å². The third kappa shape index (κ3) is 4.75. The number of para-hydroxylation sites is 1. The Hall–Kier alpha value is -1.80. The smallest absolute Gasteiger partial charge is 0.137 e. The monoisotopic (exact) mass is 457 g/mol. The molecule has 2 atom stereocenters. The lowest BCUT2D eigenvalue weighted by Gasteiger charge is -2.24. The molecule has 0 amide bonds. The summed E-state index contributed by atoms with van der Waals surface area (Å²) in [6.45, 7) is 4.29. The van der Waals surface area contributed by atoms with Gasteiger partial charge in [-0.3, -0.25) is 0 Å². The van der Waals surface area contributed by atoms with Crippen LogP contribution in [0.3, 0.4) is 0 Å². The molecule has 158 valence electrons. The van der Waals surface area contributed by atoms with Crippen LogP contribution in [0.2, 0.25) is 0 Å². The molecule has 0 radical (unpaired) electrons. The molecule has 0 saturated carbocycles. The minimum atomic E-state index is -1.09. The van der Waals surface area contributed by atoms with Gasteiger partial charge < -0.3 is 9.62 Å². The largest absolute Gasteiger partial charge is 0.369 e. The third-order valence-corrected chi connectivity index (χ3v) is 8.99. The fourth-order valence-corrected chi connectivity index (χ4v) is 7.11. The van der Waals surface area contributed by atoms with Crippen LogP contribution in [0.4, 0.5) is 11.4 Å². The van der Waals surface area contributed by atoms with E-state index >= 15 is 0 Å². The molecular weight excluding hydrogens is 430 g/mol. The zero-order valence-corrected chi connectivity index (χ0v) is 19.9. The maximum atomic E-state index is 12.3. The zero-order chi connectivity index (χ0) is 21.1. The molecule has 2 unspecified atom stereocenters. The molecule has 1 N–H and O–H groups in total. The summed E-state index contributed by atoms with van der Waals surface area (Å²) in [5.41, 5.74) is 5.14. The second kappa shape index (κ2) is 9.56. The molecule has 4 rings (SSSR count). The van der Waals surface area contributed by atoms with Crippen LogP contribution in [0, 0.1) is 6.92 Å².